The fourth-order valence-corrected chi connectivity index (χ4v) is 3.56. The molecule has 1 aliphatic rings. The molecule has 0 unspecified atom stereocenters. The number of carboxylic acid groups (broad SMARTS) is 1. The number of ether oxygens (including phenoxy) is 1. The standard InChI is InChI=1S/C20H20Cl2N2O4/c1-23(19(25)13-5-3-2-4-6-13)17-12-24(20(26)27)9-10-28-18(17)14-7-8-15(21)16(22)11-14/h2-8,11,17-18H,9-10,12H2,1H3,(H,26,27)/t17-,18+/m1/s1. The molecule has 6 nitrogen and oxygen atoms in total. The topological polar surface area (TPSA) is 70.1 Å². The predicted octanol–water partition coefficient (Wildman–Crippen LogP) is 4.19. The van der Waals surface area contributed by atoms with Crippen LogP contribution in [0.5, 0.6) is 0 Å². The second-order valence-electron chi connectivity index (χ2n) is 6.54. The van der Waals surface area contributed by atoms with Crippen LogP contribution in [0.15, 0.2) is 48.5 Å². The molecule has 1 fully saturated rings. The largest absolute Gasteiger partial charge is 0.465 e. The van der Waals surface area contributed by atoms with E-state index in [0.29, 0.717) is 15.6 Å². The minimum Gasteiger partial charge on any atom is -0.465 e. The summed E-state index contributed by atoms with van der Waals surface area (Å²) in [7, 11) is 1.65. The first-order chi connectivity index (χ1) is 13.4. The summed E-state index contributed by atoms with van der Waals surface area (Å²) in [5, 5.41) is 10.3. The van der Waals surface area contributed by atoms with E-state index in [1.165, 1.54) is 9.80 Å². The number of hydrogen-bond acceptors (Lipinski definition) is 3. The van der Waals surface area contributed by atoms with Crippen molar-refractivity contribution in [1.82, 2.24) is 9.80 Å². The van der Waals surface area contributed by atoms with Gasteiger partial charge in [0.25, 0.3) is 5.91 Å². The van der Waals surface area contributed by atoms with Crippen LogP contribution in [0.4, 0.5) is 4.79 Å². The Kier molecular flexibility index (Phi) is 6.44. The lowest BCUT2D eigenvalue weighted by molar-refractivity contribution is 0.0100. The van der Waals surface area contributed by atoms with Crippen LogP contribution in [0.25, 0.3) is 0 Å². The summed E-state index contributed by atoms with van der Waals surface area (Å²) in [6.07, 6.45) is -1.60. The van der Waals surface area contributed by atoms with Crippen LogP contribution in [-0.2, 0) is 4.74 Å². The van der Waals surface area contributed by atoms with Crippen molar-refractivity contribution in [1.29, 1.82) is 0 Å². The number of benzene rings is 2. The van der Waals surface area contributed by atoms with Gasteiger partial charge in [-0.05, 0) is 29.8 Å². The molecular formula is C20H20Cl2N2O4. The Morgan fingerprint density at radius 3 is 2.50 bits per heavy atom. The van der Waals surface area contributed by atoms with Gasteiger partial charge in [0.2, 0.25) is 0 Å². The molecule has 2 amide bonds. The number of nitrogens with zero attached hydrogens (tertiary/aromatic N) is 2. The molecule has 2 aromatic carbocycles. The highest BCUT2D eigenvalue weighted by atomic mass is 35.5. The van der Waals surface area contributed by atoms with Crippen LogP contribution in [0.3, 0.4) is 0 Å². The number of amides is 2. The normalized spacial score (nSPS) is 19.8. The van der Waals surface area contributed by atoms with E-state index in [1.54, 1.807) is 49.5 Å². The zero-order valence-electron chi connectivity index (χ0n) is 15.2. The highest BCUT2D eigenvalue weighted by molar-refractivity contribution is 6.42. The molecule has 1 N–H and O–H groups in total. The summed E-state index contributed by atoms with van der Waals surface area (Å²) < 4.78 is 5.98. The molecule has 2 atom stereocenters. The first-order valence-electron chi connectivity index (χ1n) is 8.75. The van der Waals surface area contributed by atoms with E-state index in [1.807, 2.05) is 6.07 Å². The van der Waals surface area contributed by atoms with Gasteiger partial charge in [-0.3, -0.25) is 4.79 Å². The number of hydrogen-bond donors (Lipinski definition) is 1. The van der Waals surface area contributed by atoms with Crippen molar-refractivity contribution in [3.8, 4) is 0 Å². The highest BCUT2D eigenvalue weighted by Gasteiger charge is 2.36. The summed E-state index contributed by atoms with van der Waals surface area (Å²) in [6.45, 7) is 0.549. The summed E-state index contributed by atoms with van der Waals surface area (Å²) in [5.41, 5.74) is 1.25. The van der Waals surface area contributed by atoms with E-state index in [0.717, 1.165) is 5.56 Å². The van der Waals surface area contributed by atoms with Gasteiger partial charge >= 0.3 is 6.09 Å². The Morgan fingerprint density at radius 1 is 1.14 bits per heavy atom. The van der Waals surface area contributed by atoms with Gasteiger partial charge in [0.1, 0.15) is 6.10 Å². The first-order valence-corrected chi connectivity index (χ1v) is 9.50. The molecule has 1 heterocycles. The molecular weight excluding hydrogens is 403 g/mol. The van der Waals surface area contributed by atoms with E-state index in [2.05, 4.69) is 0 Å². The molecule has 8 heteroatoms. The van der Waals surface area contributed by atoms with E-state index in [4.69, 9.17) is 27.9 Å². The maximum atomic E-state index is 13.0. The molecule has 1 saturated heterocycles. The van der Waals surface area contributed by atoms with Gasteiger partial charge in [-0.25, -0.2) is 4.79 Å². The summed E-state index contributed by atoms with van der Waals surface area (Å²) in [4.78, 5) is 27.4. The molecule has 0 saturated carbocycles. The third kappa shape index (κ3) is 4.41. The number of likely N-dealkylation sites (N-methyl/N-ethyl adjacent to an activating group) is 1. The summed E-state index contributed by atoms with van der Waals surface area (Å²) in [5.74, 6) is -0.216. The number of carbonyl (C=O) groups excluding carboxylic acids is 1. The van der Waals surface area contributed by atoms with Gasteiger partial charge in [0, 0.05) is 25.7 Å². The minimum absolute atomic E-state index is 0.120. The van der Waals surface area contributed by atoms with Crippen LogP contribution >= 0.6 is 23.2 Å². The Hall–Kier alpha value is -2.28. The SMILES string of the molecule is CN(C(=O)c1ccccc1)[C@@H]1CN(C(=O)O)CCO[C@H]1c1ccc(Cl)c(Cl)c1. The van der Waals surface area contributed by atoms with Crippen LogP contribution < -0.4 is 0 Å². The van der Waals surface area contributed by atoms with Crippen molar-refractivity contribution >= 4 is 35.2 Å². The second kappa shape index (κ2) is 8.82. The maximum Gasteiger partial charge on any atom is 0.407 e. The third-order valence-corrected chi connectivity index (χ3v) is 5.54. The Labute approximate surface area is 173 Å². The molecule has 1 aliphatic heterocycles. The molecule has 148 valence electrons. The minimum atomic E-state index is -1.05. The van der Waals surface area contributed by atoms with Gasteiger partial charge < -0.3 is 19.6 Å². The number of carbonyl (C=O) groups is 2. The predicted molar refractivity (Wildman–Crippen MR) is 107 cm³/mol. The average molecular weight is 423 g/mol. The lowest BCUT2D eigenvalue weighted by Crippen LogP contribution is -2.48. The lowest BCUT2D eigenvalue weighted by atomic mass is 9.99. The summed E-state index contributed by atoms with van der Waals surface area (Å²) >= 11 is 12.2. The van der Waals surface area contributed by atoms with E-state index in [-0.39, 0.29) is 25.6 Å². The molecule has 3 rings (SSSR count). The average Bonchev–Trinajstić information content (AvgIpc) is 2.93. The highest BCUT2D eigenvalue weighted by Crippen LogP contribution is 2.32. The van der Waals surface area contributed by atoms with Crippen molar-refractivity contribution in [2.75, 3.05) is 26.7 Å². The zero-order chi connectivity index (χ0) is 20.3. The smallest absolute Gasteiger partial charge is 0.407 e. The van der Waals surface area contributed by atoms with Gasteiger partial charge in [-0.2, -0.15) is 0 Å². The van der Waals surface area contributed by atoms with Crippen LogP contribution in [-0.4, -0.2) is 59.7 Å². The maximum absolute atomic E-state index is 13.0. The Morgan fingerprint density at radius 2 is 1.86 bits per heavy atom. The Bertz CT molecular complexity index is 863. The molecule has 28 heavy (non-hydrogen) atoms. The monoisotopic (exact) mass is 422 g/mol. The van der Waals surface area contributed by atoms with Crippen LogP contribution in [0.1, 0.15) is 22.0 Å². The number of halogens is 2. The Balaban J connectivity index is 1.97. The second-order valence-corrected chi connectivity index (χ2v) is 7.36. The van der Waals surface area contributed by atoms with Crippen molar-refractivity contribution in [2.45, 2.75) is 12.1 Å². The van der Waals surface area contributed by atoms with Crippen molar-refractivity contribution < 1.29 is 19.4 Å². The van der Waals surface area contributed by atoms with Crippen molar-refractivity contribution in [3.05, 3.63) is 69.7 Å². The lowest BCUT2D eigenvalue weighted by Gasteiger charge is -2.34. The fourth-order valence-electron chi connectivity index (χ4n) is 3.26. The van der Waals surface area contributed by atoms with E-state index in [9.17, 15) is 14.7 Å². The molecule has 0 spiro atoms. The molecule has 2 aromatic rings. The number of rotatable bonds is 3. The van der Waals surface area contributed by atoms with Gasteiger partial charge in [0.05, 0.1) is 22.7 Å². The van der Waals surface area contributed by atoms with Crippen LogP contribution in [0, 0.1) is 0 Å². The van der Waals surface area contributed by atoms with Gasteiger partial charge in [-0.15, -0.1) is 0 Å². The molecule has 0 radical (unpaired) electrons. The summed E-state index contributed by atoms with van der Waals surface area (Å²) in [6, 6.07) is 13.4. The third-order valence-electron chi connectivity index (χ3n) is 4.80. The van der Waals surface area contributed by atoms with Gasteiger partial charge in [0.15, 0.2) is 0 Å². The van der Waals surface area contributed by atoms with E-state index < -0.39 is 18.2 Å². The molecule has 0 aromatic heterocycles. The molecule has 0 bridgehead atoms. The zero-order valence-corrected chi connectivity index (χ0v) is 16.7. The van der Waals surface area contributed by atoms with Crippen LogP contribution in [0.2, 0.25) is 10.0 Å². The fraction of sp³-hybridized carbons (Fsp3) is 0.300. The molecule has 0 aliphatic carbocycles. The van der Waals surface area contributed by atoms with Gasteiger partial charge in [-0.1, -0.05) is 47.5 Å². The first kappa shape index (κ1) is 20.5. The van der Waals surface area contributed by atoms with Crippen molar-refractivity contribution in [2.24, 2.45) is 0 Å². The quantitative estimate of drug-likeness (QED) is 0.804. The van der Waals surface area contributed by atoms with Crippen molar-refractivity contribution in [3.63, 3.8) is 0 Å². The van der Waals surface area contributed by atoms with E-state index >= 15 is 0 Å².